The fraction of sp³-hybridized carbons (Fsp3) is 0.833. The van der Waals surface area contributed by atoms with Gasteiger partial charge in [0.1, 0.15) is 5.88 Å². The van der Waals surface area contributed by atoms with E-state index in [-0.39, 0.29) is 17.7 Å². The van der Waals surface area contributed by atoms with Crippen molar-refractivity contribution in [3.8, 4) is 0 Å². The molecule has 0 bridgehead atoms. The van der Waals surface area contributed by atoms with Crippen LogP contribution in [0.15, 0.2) is 0 Å². The maximum atomic E-state index is 11.6. The van der Waals surface area contributed by atoms with Crippen molar-refractivity contribution >= 4 is 23.4 Å². The Balaban J connectivity index is 2.13. The Morgan fingerprint density at radius 2 is 1.71 bits per heavy atom. The van der Waals surface area contributed by atoms with Crippen LogP contribution in [-0.4, -0.2) is 30.3 Å². The number of halogens is 1. The molecular formula is C12H21ClN2O2. The third-order valence-electron chi connectivity index (χ3n) is 3.02. The van der Waals surface area contributed by atoms with Gasteiger partial charge in [0.2, 0.25) is 11.8 Å². The maximum absolute atomic E-state index is 11.6. The van der Waals surface area contributed by atoms with Gasteiger partial charge in [0.15, 0.2) is 0 Å². The highest BCUT2D eigenvalue weighted by molar-refractivity contribution is 6.27. The molecule has 1 rings (SSSR count). The van der Waals surface area contributed by atoms with Crippen LogP contribution >= 0.6 is 11.6 Å². The molecule has 0 spiro atoms. The molecule has 0 aromatic carbocycles. The van der Waals surface area contributed by atoms with Crippen molar-refractivity contribution in [3.63, 3.8) is 0 Å². The van der Waals surface area contributed by atoms with Crippen molar-refractivity contribution in [2.45, 2.75) is 51.0 Å². The highest BCUT2D eigenvalue weighted by atomic mass is 35.5. The predicted octanol–water partition coefficient (Wildman–Crippen LogP) is 1.57. The summed E-state index contributed by atoms with van der Waals surface area (Å²) in [5.74, 6) is -0.259. The SMILES string of the molecule is O=C(CCl)NCCC(=O)NC1CCCCCC1. The Labute approximate surface area is 107 Å². The lowest BCUT2D eigenvalue weighted by Gasteiger charge is -2.16. The Kier molecular flexibility index (Phi) is 7.01. The van der Waals surface area contributed by atoms with Crippen LogP contribution in [0.4, 0.5) is 0 Å². The zero-order valence-electron chi connectivity index (χ0n) is 10.1. The number of rotatable bonds is 5. The molecule has 2 amide bonds. The van der Waals surface area contributed by atoms with Crippen molar-refractivity contribution in [3.05, 3.63) is 0 Å². The molecule has 0 unspecified atom stereocenters. The van der Waals surface area contributed by atoms with E-state index in [2.05, 4.69) is 10.6 Å². The monoisotopic (exact) mass is 260 g/mol. The molecule has 0 aromatic heterocycles. The summed E-state index contributed by atoms with van der Waals surface area (Å²) in [6, 6.07) is 0.328. The van der Waals surface area contributed by atoms with E-state index in [1.54, 1.807) is 0 Å². The Morgan fingerprint density at radius 3 is 2.29 bits per heavy atom. The number of hydrogen-bond donors (Lipinski definition) is 2. The van der Waals surface area contributed by atoms with Crippen LogP contribution in [0.1, 0.15) is 44.9 Å². The zero-order valence-corrected chi connectivity index (χ0v) is 10.9. The third-order valence-corrected chi connectivity index (χ3v) is 3.26. The van der Waals surface area contributed by atoms with Crippen LogP contribution in [-0.2, 0) is 9.59 Å². The Morgan fingerprint density at radius 1 is 1.06 bits per heavy atom. The van der Waals surface area contributed by atoms with E-state index >= 15 is 0 Å². The first kappa shape index (κ1) is 14.3. The summed E-state index contributed by atoms with van der Waals surface area (Å²) in [6.45, 7) is 0.365. The first-order valence-electron chi connectivity index (χ1n) is 6.34. The second-order valence-electron chi connectivity index (χ2n) is 4.49. The van der Waals surface area contributed by atoms with Gasteiger partial charge in [0.05, 0.1) is 0 Å². The van der Waals surface area contributed by atoms with Gasteiger partial charge in [0, 0.05) is 19.0 Å². The molecule has 0 radical (unpaired) electrons. The number of amides is 2. The molecule has 1 aliphatic carbocycles. The predicted molar refractivity (Wildman–Crippen MR) is 68.0 cm³/mol. The average Bonchev–Trinajstić information content (AvgIpc) is 2.57. The first-order valence-corrected chi connectivity index (χ1v) is 6.88. The van der Waals surface area contributed by atoms with Crippen LogP contribution in [0.3, 0.4) is 0 Å². The number of nitrogens with one attached hydrogen (secondary N) is 2. The van der Waals surface area contributed by atoms with E-state index in [0.717, 1.165) is 12.8 Å². The summed E-state index contributed by atoms with van der Waals surface area (Å²) in [5.41, 5.74) is 0. The van der Waals surface area contributed by atoms with Crippen LogP contribution in [0.5, 0.6) is 0 Å². The molecule has 17 heavy (non-hydrogen) atoms. The molecule has 0 atom stereocenters. The number of carbonyl (C=O) groups is 2. The largest absolute Gasteiger partial charge is 0.355 e. The molecule has 1 aliphatic rings. The summed E-state index contributed by atoms with van der Waals surface area (Å²) in [7, 11) is 0. The molecule has 4 nitrogen and oxygen atoms in total. The first-order chi connectivity index (χ1) is 8.22. The van der Waals surface area contributed by atoms with E-state index in [9.17, 15) is 9.59 Å². The molecule has 0 heterocycles. The van der Waals surface area contributed by atoms with Gasteiger partial charge in [0.25, 0.3) is 0 Å². The minimum Gasteiger partial charge on any atom is -0.355 e. The van der Waals surface area contributed by atoms with Crippen molar-refractivity contribution in [2.75, 3.05) is 12.4 Å². The van der Waals surface area contributed by atoms with Crippen molar-refractivity contribution in [2.24, 2.45) is 0 Å². The molecule has 0 saturated heterocycles. The highest BCUT2D eigenvalue weighted by Crippen LogP contribution is 2.17. The zero-order chi connectivity index (χ0) is 12.5. The van der Waals surface area contributed by atoms with Crippen molar-refractivity contribution in [1.82, 2.24) is 10.6 Å². The summed E-state index contributed by atoms with van der Waals surface area (Å²) < 4.78 is 0. The number of hydrogen-bond acceptors (Lipinski definition) is 2. The molecule has 1 saturated carbocycles. The fourth-order valence-electron chi connectivity index (χ4n) is 2.09. The molecule has 1 fully saturated rings. The van der Waals surface area contributed by atoms with Gasteiger partial charge in [-0.1, -0.05) is 25.7 Å². The molecule has 0 aliphatic heterocycles. The van der Waals surface area contributed by atoms with Gasteiger partial charge < -0.3 is 10.6 Å². The van der Waals surface area contributed by atoms with Crippen LogP contribution in [0.2, 0.25) is 0 Å². The Hall–Kier alpha value is -0.770. The summed E-state index contributed by atoms with van der Waals surface area (Å²) >= 11 is 5.33. The quantitative estimate of drug-likeness (QED) is 0.582. The molecule has 98 valence electrons. The van der Waals surface area contributed by atoms with E-state index in [0.29, 0.717) is 19.0 Å². The van der Waals surface area contributed by atoms with E-state index in [1.165, 1.54) is 25.7 Å². The Bertz CT molecular complexity index is 251. The second kappa shape index (κ2) is 8.34. The van der Waals surface area contributed by atoms with Gasteiger partial charge >= 0.3 is 0 Å². The lowest BCUT2D eigenvalue weighted by Crippen LogP contribution is -2.37. The van der Waals surface area contributed by atoms with Gasteiger partial charge in [-0.2, -0.15) is 0 Å². The van der Waals surface area contributed by atoms with E-state index in [4.69, 9.17) is 11.6 Å². The summed E-state index contributed by atoms with van der Waals surface area (Å²) in [6.07, 6.45) is 7.46. The highest BCUT2D eigenvalue weighted by Gasteiger charge is 2.14. The van der Waals surface area contributed by atoms with Crippen molar-refractivity contribution < 1.29 is 9.59 Å². The fourth-order valence-corrected chi connectivity index (χ4v) is 2.18. The smallest absolute Gasteiger partial charge is 0.234 e. The van der Waals surface area contributed by atoms with Crippen LogP contribution < -0.4 is 10.6 Å². The van der Waals surface area contributed by atoms with E-state index < -0.39 is 0 Å². The van der Waals surface area contributed by atoms with Crippen molar-refractivity contribution in [1.29, 1.82) is 0 Å². The lowest BCUT2D eigenvalue weighted by atomic mass is 10.1. The standard InChI is InChI=1S/C12H21ClN2O2/c13-9-12(17)14-8-7-11(16)15-10-5-3-1-2-4-6-10/h10H,1-9H2,(H,14,17)(H,15,16). The maximum Gasteiger partial charge on any atom is 0.234 e. The van der Waals surface area contributed by atoms with Crippen LogP contribution in [0, 0.1) is 0 Å². The molecule has 5 heteroatoms. The molecule has 2 N–H and O–H groups in total. The summed E-state index contributed by atoms with van der Waals surface area (Å²) in [5, 5.41) is 5.61. The average molecular weight is 261 g/mol. The van der Waals surface area contributed by atoms with Gasteiger partial charge in [-0.3, -0.25) is 9.59 Å². The minimum absolute atomic E-state index is 0.0202. The van der Waals surface area contributed by atoms with Gasteiger partial charge in [-0.25, -0.2) is 0 Å². The minimum atomic E-state index is -0.228. The second-order valence-corrected chi connectivity index (χ2v) is 4.76. The summed E-state index contributed by atoms with van der Waals surface area (Å²) in [4.78, 5) is 22.5. The van der Waals surface area contributed by atoms with Gasteiger partial charge in [-0.05, 0) is 12.8 Å². The van der Waals surface area contributed by atoms with Gasteiger partial charge in [-0.15, -0.1) is 11.6 Å². The normalized spacial score (nSPS) is 17.2. The third kappa shape index (κ3) is 6.51. The van der Waals surface area contributed by atoms with E-state index in [1.807, 2.05) is 0 Å². The molecular weight excluding hydrogens is 240 g/mol. The number of alkyl halides is 1. The topological polar surface area (TPSA) is 58.2 Å². The lowest BCUT2D eigenvalue weighted by molar-refractivity contribution is -0.122. The number of carbonyl (C=O) groups excluding carboxylic acids is 2. The van der Waals surface area contributed by atoms with Crippen LogP contribution in [0.25, 0.3) is 0 Å². The molecule has 0 aromatic rings.